The molecule has 23 heavy (non-hydrogen) atoms. The van der Waals surface area contributed by atoms with Crippen molar-refractivity contribution in [3.8, 4) is 5.75 Å². The van der Waals surface area contributed by atoms with Crippen molar-refractivity contribution in [3.63, 3.8) is 0 Å². The molecule has 0 fully saturated rings. The minimum atomic E-state index is -0.412. The van der Waals surface area contributed by atoms with Crippen LogP contribution in [0.25, 0.3) is 0 Å². The maximum Gasteiger partial charge on any atom is 0.246 e. The van der Waals surface area contributed by atoms with Crippen LogP contribution in [0.4, 0.5) is 11.4 Å². The summed E-state index contributed by atoms with van der Waals surface area (Å²) in [6.45, 7) is 7.62. The van der Waals surface area contributed by atoms with Crippen molar-refractivity contribution in [2.75, 3.05) is 17.7 Å². The number of hydrogen-bond acceptors (Lipinski definition) is 4. The minimum absolute atomic E-state index is 0.118. The number of carbonyl (C=O) groups is 1. The molecule has 0 saturated carbocycles. The fourth-order valence-electron chi connectivity index (χ4n) is 2.42. The molecule has 2 aromatic rings. The lowest BCUT2D eigenvalue weighted by molar-refractivity contribution is -0.116. The number of rotatable bonds is 5. The van der Waals surface area contributed by atoms with Gasteiger partial charge in [0.05, 0.1) is 29.9 Å². The van der Waals surface area contributed by atoms with Crippen molar-refractivity contribution >= 4 is 17.3 Å². The Morgan fingerprint density at radius 2 is 2.00 bits per heavy atom. The molecule has 0 bridgehead atoms. The minimum Gasteiger partial charge on any atom is -0.495 e. The quantitative estimate of drug-likeness (QED) is 0.890. The monoisotopic (exact) mass is 316 g/mol. The van der Waals surface area contributed by atoms with Crippen LogP contribution < -0.4 is 15.4 Å². The van der Waals surface area contributed by atoms with Crippen LogP contribution in [0.5, 0.6) is 5.75 Å². The second-order valence-electron chi connectivity index (χ2n) is 5.73. The summed E-state index contributed by atoms with van der Waals surface area (Å²) in [5.41, 5.74) is 4.40. The average molecular weight is 316 g/mol. The van der Waals surface area contributed by atoms with Crippen molar-refractivity contribution in [1.29, 1.82) is 0 Å². The standard InChI is InChI=1S/C17H24N4O2/c1-10-7-8-15(23-6)14(9-10)18-12(3)17(22)19-16-11(2)20-21(5)13(16)4/h7-9,12,18H,1-6H3,(H,19,22). The fraction of sp³-hybridized carbons (Fsp3) is 0.412. The molecule has 1 aromatic carbocycles. The van der Waals surface area contributed by atoms with E-state index in [9.17, 15) is 4.79 Å². The van der Waals surface area contributed by atoms with Gasteiger partial charge < -0.3 is 15.4 Å². The maximum absolute atomic E-state index is 12.5. The van der Waals surface area contributed by atoms with Crippen molar-refractivity contribution in [1.82, 2.24) is 9.78 Å². The van der Waals surface area contributed by atoms with Crippen LogP contribution in [-0.2, 0) is 11.8 Å². The number of aryl methyl sites for hydroxylation is 3. The average Bonchev–Trinajstić information content (AvgIpc) is 2.73. The number of nitrogens with zero attached hydrogens (tertiary/aromatic N) is 2. The molecule has 1 aromatic heterocycles. The number of anilines is 2. The van der Waals surface area contributed by atoms with Gasteiger partial charge in [-0.1, -0.05) is 6.07 Å². The van der Waals surface area contributed by atoms with E-state index >= 15 is 0 Å². The molecule has 1 unspecified atom stereocenters. The summed E-state index contributed by atoms with van der Waals surface area (Å²) in [6, 6.07) is 5.41. The molecule has 1 heterocycles. The molecule has 0 radical (unpaired) electrons. The smallest absolute Gasteiger partial charge is 0.246 e. The summed E-state index contributed by atoms with van der Waals surface area (Å²) in [4.78, 5) is 12.5. The molecule has 0 aliphatic carbocycles. The molecular formula is C17H24N4O2. The molecule has 6 heteroatoms. The summed E-state index contributed by atoms with van der Waals surface area (Å²) in [5, 5.41) is 10.5. The number of ether oxygens (including phenoxy) is 1. The van der Waals surface area contributed by atoms with Gasteiger partial charge in [0, 0.05) is 7.05 Å². The Balaban J connectivity index is 2.13. The van der Waals surface area contributed by atoms with Crippen molar-refractivity contribution in [2.24, 2.45) is 7.05 Å². The van der Waals surface area contributed by atoms with Crippen molar-refractivity contribution in [3.05, 3.63) is 35.2 Å². The summed E-state index contributed by atoms with van der Waals surface area (Å²) in [5.74, 6) is 0.594. The highest BCUT2D eigenvalue weighted by molar-refractivity contribution is 5.97. The maximum atomic E-state index is 12.5. The predicted octanol–water partition coefficient (Wildman–Crippen LogP) is 2.79. The lowest BCUT2D eigenvalue weighted by Crippen LogP contribution is -2.32. The highest BCUT2D eigenvalue weighted by atomic mass is 16.5. The van der Waals surface area contributed by atoms with Crippen LogP contribution in [0.3, 0.4) is 0 Å². The number of aromatic nitrogens is 2. The molecule has 0 saturated heterocycles. The molecule has 0 aliphatic rings. The predicted molar refractivity (Wildman–Crippen MR) is 92.1 cm³/mol. The fourth-order valence-corrected chi connectivity index (χ4v) is 2.42. The lowest BCUT2D eigenvalue weighted by atomic mass is 10.2. The van der Waals surface area contributed by atoms with Crippen LogP contribution in [-0.4, -0.2) is 28.8 Å². The number of carbonyl (C=O) groups excluding carboxylic acids is 1. The van der Waals surface area contributed by atoms with E-state index in [2.05, 4.69) is 15.7 Å². The first-order chi connectivity index (χ1) is 10.8. The molecule has 6 nitrogen and oxygen atoms in total. The van der Waals surface area contributed by atoms with Gasteiger partial charge >= 0.3 is 0 Å². The molecule has 2 rings (SSSR count). The second kappa shape index (κ2) is 6.73. The SMILES string of the molecule is COc1ccc(C)cc1NC(C)C(=O)Nc1c(C)nn(C)c1C. The third-order valence-corrected chi connectivity index (χ3v) is 3.88. The Hall–Kier alpha value is -2.50. The zero-order valence-corrected chi connectivity index (χ0v) is 14.5. The van der Waals surface area contributed by atoms with Gasteiger partial charge in [0.25, 0.3) is 0 Å². The summed E-state index contributed by atoms with van der Waals surface area (Å²) < 4.78 is 7.09. The zero-order chi connectivity index (χ0) is 17.1. The van der Waals surface area contributed by atoms with E-state index < -0.39 is 6.04 Å². The van der Waals surface area contributed by atoms with E-state index in [0.29, 0.717) is 5.75 Å². The van der Waals surface area contributed by atoms with E-state index in [1.165, 1.54) is 0 Å². The number of methoxy groups -OCH3 is 1. The first-order valence-corrected chi connectivity index (χ1v) is 7.55. The molecule has 1 atom stereocenters. The van der Waals surface area contributed by atoms with Crippen LogP contribution >= 0.6 is 0 Å². The van der Waals surface area contributed by atoms with Crippen LogP contribution in [0.1, 0.15) is 23.9 Å². The van der Waals surface area contributed by atoms with Gasteiger partial charge in [0.2, 0.25) is 5.91 Å². The third kappa shape index (κ3) is 3.64. The molecular weight excluding hydrogens is 292 g/mol. The third-order valence-electron chi connectivity index (χ3n) is 3.88. The Kier molecular flexibility index (Phi) is 4.93. The highest BCUT2D eigenvalue weighted by Gasteiger charge is 2.18. The van der Waals surface area contributed by atoms with Crippen LogP contribution in [0, 0.1) is 20.8 Å². The van der Waals surface area contributed by atoms with E-state index in [1.54, 1.807) is 11.8 Å². The van der Waals surface area contributed by atoms with Gasteiger partial charge in [-0.3, -0.25) is 9.48 Å². The lowest BCUT2D eigenvalue weighted by Gasteiger charge is -2.18. The first kappa shape index (κ1) is 16.9. The van der Waals surface area contributed by atoms with Crippen LogP contribution in [0.2, 0.25) is 0 Å². The number of hydrogen-bond donors (Lipinski definition) is 2. The Bertz CT molecular complexity index is 722. The number of benzene rings is 1. The van der Waals surface area contributed by atoms with Crippen molar-refractivity contribution in [2.45, 2.75) is 33.7 Å². The second-order valence-corrected chi connectivity index (χ2v) is 5.73. The summed E-state index contributed by atoms with van der Waals surface area (Å²) in [7, 11) is 3.47. The molecule has 1 amide bonds. The van der Waals surface area contributed by atoms with Crippen LogP contribution in [0.15, 0.2) is 18.2 Å². The van der Waals surface area contributed by atoms with E-state index in [4.69, 9.17) is 4.74 Å². The highest BCUT2D eigenvalue weighted by Crippen LogP contribution is 2.26. The number of amides is 1. The number of nitrogens with one attached hydrogen (secondary N) is 2. The Labute approximate surface area is 136 Å². The van der Waals surface area contributed by atoms with E-state index in [-0.39, 0.29) is 5.91 Å². The zero-order valence-electron chi connectivity index (χ0n) is 14.5. The topological polar surface area (TPSA) is 68.2 Å². The van der Waals surface area contributed by atoms with Crippen molar-refractivity contribution < 1.29 is 9.53 Å². The molecule has 124 valence electrons. The van der Waals surface area contributed by atoms with Gasteiger partial charge in [-0.25, -0.2) is 0 Å². The molecule has 0 aliphatic heterocycles. The van der Waals surface area contributed by atoms with Gasteiger partial charge in [-0.15, -0.1) is 0 Å². The summed E-state index contributed by atoms with van der Waals surface area (Å²) >= 11 is 0. The van der Waals surface area contributed by atoms with Gasteiger partial charge in [0.15, 0.2) is 0 Å². The Morgan fingerprint density at radius 1 is 1.30 bits per heavy atom. The van der Waals surface area contributed by atoms with Gasteiger partial charge in [-0.05, 0) is 45.4 Å². The van der Waals surface area contributed by atoms with E-state index in [0.717, 1.165) is 28.3 Å². The van der Waals surface area contributed by atoms with E-state index in [1.807, 2.05) is 52.9 Å². The molecule has 2 N–H and O–H groups in total. The first-order valence-electron chi connectivity index (χ1n) is 7.55. The summed E-state index contributed by atoms with van der Waals surface area (Å²) in [6.07, 6.45) is 0. The normalized spacial score (nSPS) is 11.9. The largest absolute Gasteiger partial charge is 0.495 e. The van der Waals surface area contributed by atoms with Gasteiger partial charge in [0.1, 0.15) is 11.8 Å². The van der Waals surface area contributed by atoms with Gasteiger partial charge in [-0.2, -0.15) is 5.10 Å². The molecule has 0 spiro atoms. The Morgan fingerprint density at radius 3 is 2.57 bits per heavy atom.